The maximum absolute atomic E-state index is 13.5. The number of sulfonamides is 1. The molecule has 0 saturated carbocycles. The number of carbonyl (C=O) groups is 2. The van der Waals surface area contributed by atoms with Gasteiger partial charge in [-0.2, -0.15) is 9.57 Å². The molecule has 166 valence electrons. The Morgan fingerprint density at radius 2 is 1.81 bits per heavy atom. The number of anilines is 1. The van der Waals surface area contributed by atoms with Crippen LogP contribution in [0.25, 0.3) is 0 Å². The van der Waals surface area contributed by atoms with Gasteiger partial charge in [-0.25, -0.2) is 13.3 Å². The summed E-state index contributed by atoms with van der Waals surface area (Å²) < 4.78 is 34.5. The van der Waals surface area contributed by atoms with E-state index in [0.29, 0.717) is 24.3 Å². The quantitative estimate of drug-likeness (QED) is 0.545. The first-order valence-electron chi connectivity index (χ1n) is 10.1. The van der Waals surface area contributed by atoms with Crippen molar-refractivity contribution in [2.75, 3.05) is 18.1 Å². The molecule has 2 saturated heterocycles. The summed E-state index contributed by atoms with van der Waals surface area (Å²) in [5, 5.41) is 8.98. The molecule has 10 heteroatoms. The van der Waals surface area contributed by atoms with Crippen molar-refractivity contribution >= 4 is 43.5 Å². The van der Waals surface area contributed by atoms with Gasteiger partial charge in [0.2, 0.25) is 15.9 Å². The minimum absolute atomic E-state index is 0.0106. The predicted octanol–water partition coefficient (Wildman–Crippen LogP) is 2.82. The number of carbonyl (C=O) groups excluding carboxylic acids is 2. The Bertz CT molecular complexity index is 1170. The maximum Gasteiger partial charge on any atom is 0.252 e. The lowest BCUT2D eigenvalue weighted by molar-refractivity contribution is -0.122. The highest BCUT2D eigenvalue weighted by molar-refractivity contribution is 9.10. The summed E-state index contributed by atoms with van der Waals surface area (Å²) in [7, 11) is -4.07. The zero-order valence-electron chi connectivity index (χ0n) is 17.0. The molecule has 8 nitrogen and oxygen atoms in total. The number of benzene rings is 2. The van der Waals surface area contributed by atoms with Crippen molar-refractivity contribution in [1.29, 1.82) is 5.26 Å². The van der Waals surface area contributed by atoms with Crippen LogP contribution >= 0.6 is 15.9 Å². The Balaban J connectivity index is 1.69. The predicted molar refractivity (Wildman–Crippen MR) is 119 cm³/mol. The summed E-state index contributed by atoms with van der Waals surface area (Å²) in [5.41, 5.74) is 0.696. The number of rotatable bonds is 6. The molecule has 4 rings (SSSR count). The molecule has 2 unspecified atom stereocenters. The first kappa shape index (κ1) is 22.6. The van der Waals surface area contributed by atoms with Gasteiger partial charge in [0.1, 0.15) is 6.04 Å². The first-order valence-corrected chi connectivity index (χ1v) is 12.3. The molecule has 0 aliphatic carbocycles. The van der Waals surface area contributed by atoms with Crippen molar-refractivity contribution in [2.24, 2.45) is 0 Å². The third kappa shape index (κ3) is 4.34. The number of nitriles is 1. The molecular weight excluding hydrogens is 498 g/mol. The first-order chi connectivity index (χ1) is 15.3. The van der Waals surface area contributed by atoms with Crippen molar-refractivity contribution in [3.05, 3.63) is 58.6 Å². The van der Waals surface area contributed by atoms with Gasteiger partial charge in [-0.3, -0.25) is 9.59 Å². The second kappa shape index (κ2) is 9.11. The van der Waals surface area contributed by atoms with Crippen LogP contribution in [0.4, 0.5) is 5.69 Å². The molecule has 2 aromatic carbocycles. The third-order valence-electron chi connectivity index (χ3n) is 5.55. The number of hydrogen-bond donors (Lipinski definition) is 0. The summed E-state index contributed by atoms with van der Waals surface area (Å²) in [6.07, 6.45) is 0.889. The molecule has 2 atom stereocenters. The van der Waals surface area contributed by atoms with Gasteiger partial charge < -0.3 is 4.74 Å². The molecule has 0 aromatic heterocycles. The van der Waals surface area contributed by atoms with Crippen LogP contribution in [0.3, 0.4) is 0 Å². The highest BCUT2D eigenvalue weighted by atomic mass is 79.9. The van der Waals surface area contributed by atoms with E-state index in [1.165, 1.54) is 36.4 Å². The lowest BCUT2D eigenvalue weighted by Gasteiger charge is -2.29. The molecule has 2 aromatic rings. The molecule has 0 radical (unpaired) electrons. The minimum atomic E-state index is -4.07. The van der Waals surface area contributed by atoms with Gasteiger partial charge in [-0.1, -0.05) is 15.9 Å². The van der Waals surface area contributed by atoms with E-state index in [1.54, 1.807) is 12.1 Å². The van der Waals surface area contributed by atoms with Gasteiger partial charge in [0.25, 0.3) is 5.91 Å². The van der Waals surface area contributed by atoms with Crippen LogP contribution in [-0.4, -0.2) is 49.8 Å². The lowest BCUT2D eigenvalue weighted by Crippen LogP contribution is -2.48. The Hall–Kier alpha value is -2.58. The summed E-state index contributed by atoms with van der Waals surface area (Å²) >= 11 is 3.29. The van der Waals surface area contributed by atoms with E-state index in [2.05, 4.69) is 15.9 Å². The van der Waals surface area contributed by atoms with Crippen molar-refractivity contribution in [3.63, 3.8) is 0 Å². The largest absolute Gasteiger partial charge is 0.377 e. The van der Waals surface area contributed by atoms with Gasteiger partial charge >= 0.3 is 0 Å². The zero-order chi connectivity index (χ0) is 22.9. The van der Waals surface area contributed by atoms with Crippen LogP contribution in [0, 0.1) is 11.3 Å². The second-order valence-corrected chi connectivity index (χ2v) is 10.4. The molecule has 2 aliphatic heterocycles. The summed E-state index contributed by atoms with van der Waals surface area (Å²) in [4.78, 5) is 27.1. The van der Waals surface area contributed by atoms with E-state index in [9.17, 15) is 18.0 Å². The van der Waals surface area contributed by atoms with Crippen LogP contribution in [0.2, 0.25) is 0 Å². The Morgan fingerprint density at radius 1 is 1.12 bits per heavy atom. The Kier molecular flexibility index (Phi) is 6.44. The number of halogens is 1. The molecule has 32 heavy (non-hydrogen) atoms. The van der Waals surface area contributed by atoms with E-state index in [0.717, 1.165) is 20.1 Å². The highest BCUT2D eigenvalue weighted by Gasteiger charge is 2.47. The minimum Gasteiger partial charge on any atom is -0.377 e. The van der Waals surface area contributed by atoms with Crippen LogP contribution in [0.15, 0.2) is 57.9 Å². The second-order valence-electron chi connectivity index (χ2n) is 7.61. The van der Waals surface area contributed by atoms with Gasteiger partial charge in [0.05, 0.1) is 34.7 Å². The normalized spacial score (nSPS) is 21.3. The topological polar surface area (TPSA) is 108 Å². The molecule has 2 fully saturated rings. The van der Waals surface area contributed by atoms with Crippen LogP contribution in [0.5, 0.6) is 0 Å². The summed E-state index contributed by atoms with van der Waals surface area (Å²) in [5.74, 6) is -1.11. The lowest BCUT2D eigenvalue weighted by atomic mass is 10.2. The fraction of sp³-hybridized carbons (Fsp3) is 0.318. The highest BCUT2D eigenvalue weighted by Crippen LogP contribution is 2.31. The zero-order valence-corrected chi connectivity index (χ0v) is 19.4. The van der Waals surface area contributed by atoms with E-state index in [1.807, 2.05) is 6.07 Å². The van der Waals surface area contributed by atoms with E-state index in [-0.39, 0.29) is 24.0 Å². The number of imide groups is 1. The number of hydrogen-bond acceptors (Lipinski definition) is 6. The monoisotopic (exact) mass is 517 g/mol. The average Bonchev–Trinajstić information content (AvgIpc) is 3.40. The van der Waals surface area contributed by atoms with Crippen molar-refractivity contribution in [2.45, 2.75) is 36.3 Å². The summed E-state index contributed by atoms with van der Waals surface area (Å²) in [6, 6.07) is 13.0. The fourth-order valence-corrected chi connectivity index (χ4v) is 5.80. The molecule has 0 bridgehead atoms. The van der Waals surface area contributed by atoms with Crippen molar-refractivity contribution < 1.29 is 22.7 Å². The van der Waals surface area contributed by atoms with Gasteiger partial charge in [0.15, 0.2) is 0 Å². The van der Waals surface area contributed by atoms with Gasteiger partial charge in [0, 0.05) is 17.6 Å². The maximum atomic E-state index is 13.5. The Morgan fingerprint density at radius 3 is 2.41 bits per heavy atom. The van der Waals surface area contributed by atoms with Crippen molar-refractivity contribution in [1.82, 2.24) is 4.31 Å². The molecule has 2 aliphatic rings. The van der Waals surface area contributed by atoms with Crippen LogP contribution in [-0.2, 0) is 24.3 Å². The molecular formula is C22H20BrN3O5S. The Labute approximate surface area is 194 Å². The number of ether oxygens (including phenoxy) is 1. The smallest absolute Gasteiger partial charge is 0.252 e. The fourth-order valence-electron chi connectivity index (χ4n) is 3.92. The number of amides is 2. The molecule has 0 spiro atoms. The van der Waals surface area contributed by atoms with Crippen molar-refractivity contribution in [3.8, 4) is 6.07 Å². The van der Waals surface area contributed by atoms with E-state index >= 15 is 0 Å². The van der Waals surface area contributed by atoms with E-state index in [4.69, 9.17) is 10.00 Å². The van der Waals surface area contributed by atoms with Gasteiger partial charge in [-0.05, 0) is 61.4 Å². The number of nitrogens with zero attached hydrogens (tertiary/aromatic N) is 3. The molecule has 2 amide bonds. The molecule has 0 N–H and O–H groups in total. The molecule has 2 heterocycles. The third-order valence-corrected chi connectivity index (χ3v) is 7.97. The van der Waals surface area contributed by atoms with Gasteiger partial charge in [-0.15, -0.1) is 0 Å². The van der Waals surface area contributed by atoms with Crippen LogP contribution < -0.4 is 4.90 Å². The summed E-state index contributed by atoms with van der Waals surface area (Å²) in [6.45, 7) is 0.523. The van der Waals surface area contributed by atoms with Crippen LogP contribution in [0.1, 0.15) is 24.8 Å². The average molecular weight is 518 g/mol. The SMILES string of the molecule is N#Cc1ccc(N2C(=O)CC(N(CC3CCCO3)S(=O)(=O)c3ccc(Br)cc3)C2=O)cc1. The standard InChI is InChI=1S/C22H20BrN3O5S/c23-16-5-9-19(10-6-16)32(29,30)25(14-18-2-1-11-31-18)20-12-21(27)26(22(20)28)17-7-3-15(13-24)4-8-17/h3-10,18,20H,1-2,11-12,14H2. The van der Waals surface area contributed by atoms with E-state index < -0.39 is 27.9 Å².